The average molecular weight is 301 g/mol. The molecule has 1 aliphatic heterocycles. The van der Waals surface area contributed by atoms with Gasteiger partial charge in [0.05, 0.1) is 12.1 Å². The normalized spacial score (nSPS) is 19.6. The largest absolute Gasteiger partial charge is 0.416 e. The molecule has 1 aliphatic rings. The van der Waals surface area contributed by atoms with Crippen LogP contribution in [0.4, 0.5) is 13.2 Å². The van der Waals surface area contributed by atoms with Crippen molar-refractivity contribution in [1.29, 1.82) is 0 Å². The maximum Gasteiger partial charge on any atom is 0.416 e. The van der Waals surface area contributed by atoms with Gasteiger partial charge in [-0.1, -0.05) is 12.1 Å². The molecule has 7 heteroatoms. The van der Waals surface area contributed by atoms with E-state index >= 15 is 0 Å². The molecule has 1 aromatic rings. The van der Waals surface area contributed by atoms with E-state index in [2.05, 4.69) is 5.32 Å². The van der Waals surface area contributed by atoms with Crippen molar-refractivity contribution in [3.8, 4) is 0 Å². The molecule has 1 amide bonds. The van der Waals surface area contributed by atoms with Crippen LogP contribution in [0.15, 0.2) is 24.3 Å². The number of alkyl halides is 3. The Bertz CT molecular complexity index is 516. The number of hydrogen-bond donors (Lipinski definition) is 1. The van der Waals surface area contributed by atoms with Crippen molar-refractivity contribution >= 4 is 5.91 Å². The Kier molecular flexibility index (Phi) is 4.53. The summed E-state index contributed by atoms with van der Waals surface area (Å²) in [6.07, 6.45) is -4.88. The van der Waals surface area contributed by atoms with E-state index < -0.39 is 17.9 Å². The Hall–Kier alpha value is -1.60. The minimum Gasteiger partial charge on any atom is -0.321 e. The zero-order chi connectivity index (χ0) is 15.6. The van der Waals surface area contributed by atoms with Crippen molar-refractivity contribution in [2.24, 2.45) is 0 Å². The lowest BCUT2D eigenvalue weighted by Gasteiger charge is -2.26. The fourth-order valence-electron chi connectivity index (χ4n) is 2.28. The molecule has 1 atom stereocenters. The van der Waals surface area contributed by atoms with Crippen molar-refractivity contribution in [1.82, 2.24) is 15.1 Å². The SMILES string of the molecule is CN(C)CCN1C(=O)CNC1c1cccc(C(F)(F)F)c1. The lowest BCUT2D eigenvalue weighted by Crippen LogP contribution is -2.36. The summed E-state index contributed by atoms with van der Waals surface area (Å²) < 4.78 is 38.3. The number of carbonyl (C=O) groups excluding carboxylic acids is 1. The molecule has 0 saturated carbocycles. The molecule has 4 nitrogen and oxygen atoms in total. The number of carbonyl (C=O) groups is 1. The number of nitrogens with zero attached hydrogens (tertiary/aromatic N) is 2. The Balaban J connectivity index is 2.21. The zero-order valence-corrected chi connectivity index (χ0v) is 11.9. The first-order chi connectivity index (χ1) is 9.79. The minimum atomic E-state index is -4.38. The van der Waals surface area contributed by atoms with Gasteiger partial charge in [0.15, 0.2) is 0 Å². The van der Waals surface area contributed by atoms with Crippen molar-refractivity contribution in [3.63, 3.8) is 0 Å². The summed E-state index contributed by atoms with van der Waals surface area (Å²) in [5.74, 6) is -0.0979. The Morgan fingerprint density at radius 1 is 1.38 bits per heavy atom. The van der Waals surface area contributed by atoms with E-state index in [0.717, 1.165) is 12.1 Å². The van der Waals surface area contributed by atoms with Crippen molar-refractivity contribution in [2.45, 2.75) is 12.3 Å². The van der Waals surface area contributed by atoms with Gasteiger partial charge in [-0.25, -0.2) is 0 Å². The van der Waals surface area contributed by atoms with Gasteiger partial charge in [0.25, 0.3) is 0 Å². The number of nitrogens with one attached hydrogen (secondary N) is 1. The van der Waals surface area contributed by atoms with Gasteiger partial charge in [0.1, 0.15) is 6.17 Å². The highest BCUT2D eigenvalue weighted by atomic mass is 19.4. The van der Waals surface area contributed by atoms with Gasteiger partial charge in [-0.15, -0.1) is 0 Å². The van der Waals surface area contributed by atoms with E-state index in [1.165, 1.54) is 6.07 Å². The molecule has 0 radical (unpaired) electrons. The fourth-order valence-corrected chi connectivity index (χ4v) is 2.28. The van der Waals surface area contributed by atoms with Gasteiger partial charge >= 0.3 is 6.18 Å². The molecule has 116 valence electrons. The quantitative estimate of drug-likeness (QED) is 0.919. The smallest absolute Gasteiger partial charge is 0.321 e. The second-order valence-electron chi connectivity index (χ2n) is 5.30. The maximum absolute atomic E-state index is 12.8. The maximum atomic E-state index is 12.8. The number of halogens is 3. The lowest BCUT2D eigenvalue weighted by molar-refractivity contribution is -0.137. The first-order valence-corrected chi connectivity index (χ1v) is 6.64. The Labute approximate surface area is 121 Å². The third-order valence-electron chi connectivity index (χ3n) is 3.40. The molecular weight excluding hydrogens is 283 g/mol. The Morgan fingerprint density at radius 2 is 2.10 bits per heavy atom. The summed E-state index contributed by atoms with van der Waals surface area (Å²) >= 11 is 0. The fraction of sp³-hybridized carbons (Fsp3) is 0.500. The Morgan fingerprint density at radius 3 is 2.71 bits per heavy atom. The van der Waals surface area contributed by atoms with Crippen LogP contribution in [-0.2, 0) is 11.0 Å². The molecule has 0 aliphatic carbocycles. The van der Waals surface area contributed by atoms with Crippen LogP contribution in [0.25, 0.3) is 0 Å². The molecule has 1 saturated heterocycles. The molecule has 1 aromatic carbocycles. The third kappa shape index (κ3) is 3.74. The third-order valence-corrected chi connectivity index (χ3v) is 3.40. The van der Waals surface area contributed by atoms with Crippen LogP contribution in [0.2, 0.25) is 0 Å². The predicted octanol–water partition coefficient (Wildman–Crippen LogP) is 1.70. The summed E-state index contributed by atoms with van der Waals surface area (Å²) in [4.78, 5) is 15.4. The monoisotopic (exact) mass is 301 g/mol. The minimum absolute atomic E-state index is 0.0979. The summed E-state index contributed by atoms with van der Waals surface area (Å²) in [6.45, 7) is 1.27. The lowest BCUT2D eigenvalue weighted by atomic mass is 10.1. The van der Waals surface area contributed by atoms with Crippen molar-refractivity contribution in [2.75, 3.05) is 33.7 Å². The number of amides is 1. The van der Waals surface area contributed by atoms with Gasteiger partial charge in [-0.3, -0.25) is 10.1 Å². The van der Waals surface area contributed by atoms with E-state index in [1.54, 1.807) is 11.0 Å². The molecule has 21 heavy (non-hydrogen) atoms. The van der Waals surface area contributed by atoms with Crippen LogP contribution in [0.5, 0.6) is 0 Å². The summed E-state index contributed by atoms with van der Waals surface area (Å²) in [7, 11) is 3.76. The average Bonchev–Trinajstić information content (AvgIpc) is 2.77. The van der Waals surface area contributed by atoms with Gasteiger partial charge < -0.3 is 9.80 Å². The predicted molar refractivity (Wildman–Crippen MR) is 72.5 cm³/mol. The van der Waals surface area contributed by atoms with Crippen LogP contribution < -0.4 is 5.32 Å². The van der Waals surface area contributed by atoms with Gasteiger partial charge in [0, 0.05) is 13.1 Å². The van der Waals surface area contributed by atoms with Crippen LogP contribution in [0, 0.1) is 0 Å². The molecule has 1 unspecified atom stereocenters. The first kappa shape index (κ1) is 15.8. The molecule has 1 N–H and O–H groups in total. The van der Waals surface area contributed by atoms with Gasteiger partial charge in [0.2, 0.25) is 5.91 Å². The van der Waals surface area contributed by atoms with Crippen LogP contribution in [0.3, 0.4) is 0 Å². The van der Waals surface area contributed by atoms with E-state index in [9.17, 15) is 18.0 Å². The zero-order valence-electron chi connectivity index (χ0n) is 11.9. The molecule has 1 fully saturated rings. The number of benzene rings is 1. The van der Waals surface area contributed by atoms with Crippen molar-refractivity contribution < 1.29 is 18.0 Å². The van der Waals surface area contributed by atoms with E-state index in [0.29, 0.717) is 18.7 Å². The molecule has 2 rings (SSSR count). The first-order valence-electron chi connectivity index (χ1n) is 6.64. The number of hydrogen-bond acceptors (Lipinski definition) is 3. The topological polar surface area (TPSA) is 35.6 Å². The highest BCUT2D eigenvalue weighted by molar-refractivity contribution is 5.81. The van der Waals surface area contributed by atoms with Crippen LogP contribution in [0.1, 0.15) is 17.3 Å². The summed E-state index contributed by atoms with van der Waals surface area (Å²) in [5.41, 5.74) is -0.247. The molecule has 0 bridgehead atoms. The highest BCUT2D eigenvalue weighted by Crippen LogP contribution is 2.32. The summed E-state index contributed by atoms with van der Waals surface area (Å²) in [5, 5.41) is 2.97. The van der Waals surface area contributed by atoms with Crippen LogP contribution in [-0.4, -0.2) is 49.4 Å². The van der Waals surface area contributed by atoms with E-state index in [4.69, 9.17) is 0 Å². The molecule has 0 aromatic heterocycles. The van der Waals surface area contributed by atoms with E-state index in [1.807, 2.05) is 19.0 Å². The van der Waals surface area contributed by atoms with E-state index in [-0.39, 0.29) is 12.5 Å². The highest BCUT2D eigenvalue weighted by Gasteiger charge is 2.34. The van der Waals surface area contributed by atoms with Crippen molar-refractivity contribution in [3.05, 3.63) is 35.4 Å². The number of rotatable bonds is 4. The van der Waals surface area contributed by atoms with Gasteiger partial charge in [-0.2, -0.15) is 13.2 Å². The molecule has 1 heterocycles. The molecular formula is C14H18F3N3O. The second kappa shape index (κ2) is 6.03. The summed E-state index contributed by atoms with van der Waals surface area (Å²) in [6, 6.07) is 5.10. The second-order valence-corrected chi connectivity index (χ2v) is 5.30. The van der Waals surface area contributed by atoms with Crippen LogP contribution >= 0.6 is 0 Å². The van der Waals surface area contributed by atoms with Gasteiger partial charge in [-0.05, 0) is 31.8 Å². The number of likely N-dealkylation sites (N-methyl/N-ethyl adjacent to an activating group) is 1. The standard InChI is InChI=1S/C14H18F3N3O/c1-19(2)6-7-20-12(21)9-18-13(20)10-4-3-5-11(8-10)14(15,16)17/h3-5,8,13,18H,6-7,9H2,1-2H3. The molecule has 0 spiro atoms.